The summed E-state index contributed by atoms with van der Waals surface area (Å²) >= 11 is 3.71. The zero-order chi connectivity index (χ0) is 17.1. The molecule has 0 aliphatic rings. The van der Waals surface area contributed by atoms with Crippen LogP contribution in [-0.4, -0.2) is 22.0 Å². The molecule has 1 N–H and O–H groups in total. The third-order valence-corrected chi connectivity index (χ3v) is 4.43. The van der Waals surface area contributed by atoms with E-state index < -0.39 is 0 Å². The van der Waals surface area contributed by atoms with E-state index in [9.17, 15) is 4.79 Å². The molecule has 0 aliphatic carbocycles. The van der Waals surface area contributed by atoms with Crippen molar-refractivity contribution in [1.82, 2.24) is 9.97 Å². The fourth-order valence-electron chi connectivity index (χ4n) is 2.70. The van der Waals surface area contributed by atoms with Crippen molar-refractivity contribution in [3.05, 3.63) is 57.6 Å². The largest absolute Gasteiger partial charge is 0.496 e. The number of rotatable bonds is 2. The Morgan fingerprint density at radius 2 is 2.12 bits per heavy atom. The van der Waals surface area contributed by atoms with Crippen LogP contribution in [0.4, 0.5) is 0 Å². The molecular formula is C18H15IN2O2S. The van der Waals surface area contributed by atoms with Gasteiger partial charge in [-0.2, -0.15) is 11.3 Å². The van der Waals surface area contributed by atoms with E-state index in [1.54, 1.807) is 30.8 Å². The van der Waals surface area contributed by atoms with Gasteiger partial charge in [-0.25, -0.2) is 0 Å². The maximum atomic E-state index is 12.9. The molecule has 1 aromatic carbocycles. The average Bonchev–Trinajstić information content (AvgIpc) is 3.17. The van der Waals surface area contributed by atoms with Crippen LogP contribution < -0.4 is 10.2 Å². The summed E-state index contributed by atoms with van der Waals surface area (Å²) in [5, 5.41) is 5.39. The van der Waals surface area contributed by atoms with Gasteiger partial charge in [0.05, 0.1) is 23.5 Å². The van der Waals surface area contributed by atoms with Gasteiger partial charge in [-0.3, -0.25) is 9.78 Å². The molecule has 0 radical (unpaired) electrons. The molecule has 0 spiro atoms. The number of fused-ring (bicyclic) bond motifs is 3. The van der Waals surface area contributed by atoms with Crippen LogP contribution in [0.25, 0.3) is 32.9 Å². The number of aromatic nitrogens is 2. The topological polar surface area (TPSA) is 55.0 Å². The number of pyridine rings is 2. The van der Waals surface area contributed by atoms with E-state index in [1.165, 1.54) is 0 Å². The van der Waals surface area contributed by atoms with Crippen molar-refractivity contribution in [3.63, 3.8) is 0 Å². The monoisotopic (exact) mass is 450 g/mol. The summed E-state index contributed by atoms with van der Waals surface area (Å²) in [6, 6.07) is 7.62. The Morgan fingerprint density at radius 3 is 2.83 bits per heavy atom. The highest BCUT2D eigenvalue weighted by Gasteiger charge is 2.15. The minimum absolute atomic E-state index is 0.0449. The molecule has 4 nitrogen and oxygen atoms in total. The molecule has 0 saturated heterocycles. The number of hydrogen-bond donors (Lipinski definition) is 1. The Labute approximate surface area is 156 Å². The maximum Gasteiger partial charge on any atom is 0.201 e. The van der Waals surface area contributed by atoms with Crippen LogP contribution in [0.1, 0.15) is 0 Å². The lowest BCUT2D eigenvalue weighted by Gasteiger charge is -2.09. The van der Waals surface area contributed by atoms with Gasteiger partial charge in [0.2, 0.25) is 5.43 Å². The minimum Gasteiger partial charge on any atom is -0.496 e. The number of nitrogens with one attached hydrogen (secondary N) is 1. The lowest BCUT2D eigenvalue weighted by Crippen LogP contribution is -2.08. The Hall–Kier alpha value is -1.93. The van der Waals surface area contributed by atoms with Crippen LogP contribution in [-0.2, 0) is 0 Å². The highest BCUT2D eigenvalue weighted by atomic mass is 127. The molecule has 122 valence electrons. The first kappa shape index (κ1) is 16.9. The molecule has 24 heavy (non-hydrogen) atoms. The van der Waals surface area contributed by atoms with E-state index in [4.69, 9.17) is 4.74 Å². The highest BCUT2D eigenvalue weighted by molar-refractivity contribution is 14.1. The molecule has 0 saturated carbocycles. The van der Waals surface area contributed by atoms with Crippen molar-refractivity contribution < 1.29 is 4.74 Å². The molecular weight excluding hydrogens is 435 g/mol. The van der Waals surface area contributed by atoms with Gasteiger partial charge in [0.15, 0.2) is 0 Å². The zero-order valence-corrected chi connectivity index (χ0v) is 16.1. The van der Waals surface area contributed by atoms with E-state index in [0.717, 1.165) is 16.5 Å². The third-order valence-electron chi connectivity index (χ3n) is 3.74. The summed E-state index contributed by atoms with van der Waals surface area (Å²) in [4.78, 5) is 22.5. The molecule has 0 bridgehead atoms. The minimum atomic E-state index is -0.0449. The fourth-order valence-corrected chi connectivity index (χ4v) is 3.36. The maximum absolute atomic E-state index is 12.9. The summed E-state index contributed by atoms with van der Waals surface area (Å²) in [6.07, 6.45) is 3.47. The summed E-state index contributed by atoms with van der Waals surface area (Å²) in [6.45, 7) is 0. The molecule has 3 heterocycles. The van der Waals surface area contributed by atoms with Crippen LogP contribution >= 0.6 is 33.9 Å². The van der Waals surface area contributed by atoms with Gasteiger partial charge in [0.1, 0.15) is 5.75 Å². The summed E-state index contributed by atoms with van der Waals surface area (Å²) in [7, 11) is 1.58. The molecule has 0 atom stereocenters. The van der Waals surface area contributed by atoms with E-state index in [2.05, 4.69) is 32.6 Å². The number of thiophene rings is 1. The van der Waals surface area contributed by atoms with E-state index >= 15 is 0 Å². The smallest absolute Gasteiger partial charge is 0.201 e. The van der Waals surface area contributed by atoms with Crippen LogP contribution in [0.2, 0.25) is 0 Å². The normalized spacial score (nSPS) is 10.5. The lowest BCUT2D eigenvalue weighted by molar-refractivity contribution is 0.420. The molecule has 4 aromatic rings. The number of aromatic amines is 1. The molecule has 0 aliphatic heterocycles. The van der Waals surface area contributed by atoms with Gasteiger partial charge < -0.3 is 9.72 Å². The zero-order valence-electron chi connectivity index (χ0n) is 13.2. The van der Waals surface area contributed by atoms with Gasteiger partial charge in [-0.15, -0.1) is 0 Å². The number of hydrogen-bond acceptors (Lipinski definition) is 4. The van der Waals surface area contributed by atoms with E-state index in [0.29, 0.717) is 22.2 Å². The second-order valence-corrected chi connectivity index (χ2v) is 5.73. The third kappa shape index (κ3) is 2.80. The first-order valence-electron chi connectivity index (χ1n) is 7.17. The van der Waals surface area contributed by atoms with Gasteiger partial charge >= 0.3 is 0 Å². The molecule has 0 fully saturated rings. The number of ether oxygens (including phenoxy) is 1. The van der Waals surface area contributed by atoms with Gasteiger partial charge in [-0.05, 0) is 39.5 Å². The van der Waals surface area contributed by atoms with Crippen LogP contribution in [0, 0.1) is 0 Å². The van der Waals surface area contributed by atoms with Crippen molar-refractivity contribution in [3.8, 4) is 16.9 Å². The Bertz CT molecular complexity index is 1040. The first-order chi connectivity index (χ1) is 11.8. The van der Waals surface area contributed by atoms with E-state index in [1.807, 2.05) is 40.0 Å². The second-order valence-electron chi connectivity index (χ2n) is 4.95. The summed E-state index contributed by atoms with van der Waals surface area (Å²) in [5.74, 6) is 0.564. The molecule has 0 amide bonds. The highest BCUT2D eigenvalue weighted by Crippen LogP contribution is 2.30. The fraction of sp³-hybridized carbons (Fsp3) is 0.111. The van der Waals surface area contributed by atoms with Crippen molar-refractivity contribution in [2.24, 2.45) is 0 Å². The standard InChI is InChI=1S/C17H12N2O2S.CH3I/c1-21-13-7-10-3-2-5-18-15(10)16-14(13)17(20)12(8-19-16)11-4-6-22-9-11;1-2/h2-9H,1H3,(H,19,20);1H3. The van der Waals surface area contributed by atoms with Crippen LogP contribution in [0.5, 0.6) is 5.75 Å². The molecule has 0 unspecified atom stereocenters. The van der Waals surface area contributed by atoms with Gasteiger partial charge in [-0.1, -0.05) is 28.7 Å². The van der Waals surface area contributed by atoms with Crippen molar-refractivity contribution in [2.75, 3.05) is 12.0 Å². The Balaban J connectivity index is 0.000000815. The van der Waals surface area contributed by atoms with Crippen LogP contribution in [0.3, 0.4) is 0 Å². The van der Waals surface area contributed by atoms with E-state index in [-0.39, 0.29) is 5.43 Å². The van der Waals surface area contributed by atoms with Crippen molar-refractivity contribution >= 4 is 55.7 Å². The predicted octanol–water partition coefficient (Wildman–Crippen LogP) is 4.86. The Morgan fingerprint density at radius 1 is 1.29 bits per heavy atom. The van der Waals surface area contributed by atoms with Crippen molar-refractivity contribution in [2.45, 2.75) is 0 Å². The SMILES string of the molecule is CI.COc1cc2cccnc2c2[nH]cc(-c3ccsc3)c(=O)c12. The molecule has 6 heteroatoms. The van der Waals surface area contributed by atoms with Crippen molar-refractivity contribution in [1.29, 1.82) is 0 Å². The van der Waals surface area contributed by atoms with Gasteiger partial charge in [0.25, 0.3) is 0 Å². The Kier molecular flexibility index (Phi) is 5.15. The summed E-state index contributed by atoms with van der Waals surface area (Å²) < 4.78 is 5.44. The predicted molar refractivity (Wildman–Crippen MR) is 110 cm³/mol. The molecule has 3 aromatic heterocycles. The number of methoxy groups -OCH3 is 1. The number of halogens is 1. The number of H-pyrrole nitrogens is 1. The van der Waals surface area contributed by atoms with Gasteiger partial charge in [0, 0.05) is 23.3 Å². The number of nitrogens with zero attached hydrogens (tertiary/aromatic N) is 1. The lowest BCUT2D eigenvalue weighted by atomic mass is 10.0. The number of benzene rings is 1. The number of alkyl halides is 1. The summed E-state index contributed by atoms with van der Waals surface area (Å²) in [5.41, 5.74) is 2.99. The second kappa shape index (κ2) is 7.31. The quantitative estimate of drug-likeness (QED) is 0.270. The van der Waals surface area contributed by atoms with Crippen LogP contribution in [0.15, 0.2) is 52.2 Å². The molecule has 4 rings (SSSR count). The first-order valence-corrected chi connectivity index (χ1v) is 10.3. The average molecular weight is 450 g/mol.